The molecular weight excluding hydrogens is 282 g/mol. The average Bonchev–Trinajstić information content (AvgIpc) is 3.14. The highest BCUT2D eigenvalue weighted by atomic mass is 16.6. The van der Waals surface area contributed by atoms with Gasteiger partial charge in [0, 0.05) is 19.1 Å². The zero-order chi connectivity index (χ0) is 16.8. The first kappa shape index (κ1) is 18.7. The van der Waals surface area contributed by atoms with E-state index in [0.29, 0.717) is 31.6 Å². The zero-order valence-electron chi connectivity index (χ0n) is 14.5. The van der Waals surface area contributed by atoms with Crippen molar-refractivity contribution in [3.05, 3.63) is 0 Å². The van der Waals surface area contributed by atoms with E-state index in [-0.39, 0.29) is 11.8 Å². The van der Waals surface area contributed by atoms with E-state index >= 15 is 0 Å². The Labute approximate surface area is 133 Å². The largest absolute Gasteiger partial charge is 0.444 e. The smallest absolute Gasteiger partial charge is 0.407 e. The summed E-state index contributed by atoms with van der Waals surface area (Å²) in [5.74, 6) is 0.695. The summed E-state index contributed by atoms with van der Waals surface area (Å²) in [6, 6.07) is 0.393. The highest BCUT2D eigenvalue weighted by Gasteiger charge is 2.23. The van der Waals surface area contributed by atoms with Gasteiger partial charge >= 0.3 is 6.09 Å². The van der Waals surface area contributed by atoms with Crippen LogP contribution in [0, 0.1) is 11.8 Å². The Morgan fingerprint density at radius 3 is 2.32 bits per heavy atom. The quantitative estimate of drug-likeness (QED) is 0.636. The highest BCUT2D eigenvalue weighted by molar-refractivity contribution is 5.78. The lowest BCUT2D eigenvalue weighted by Crippen LogP contribution is -2.42. The van der Waals surface area contributed by atoms with Crippen molar-refractivity contribution >= 4 is 12.0 Å². The summed E-state index contributed by atoms with van der Waals surface area (Å²) in [4.78, 5) is 23.3. The summed E-state index contributed by atoms with van der Waals surface area (Å²) < 4.78 is 5.23. The van der Waals surface area contributed by atoms with E-state index in [2.05, 4.69) is 29.8 Å². The van der Waals surface area contributed by atoms with E-state index in [4.69, 9.17) is 4.74 Å². The molecule has 0 aromatic heterocycles. The molecule has 0 bridgehead atoms. The van der Waals surface area contributed by atoms with Gasteiger partial charge in [0.15, 0.2) is 0 Å². The van der Waals surface area contributed by atoms with Crippen molar-refractivity contribution < 1.29 is 14.3 Å². The topological polar surface area (TPSA) is 79.5 Å². The second-order valence-electron chi connectivity index (χ2n) is 7.36. The molecule has 0 radical (unpaired) electrons. The van der Waals surface area contributed by atoms with Gasteiger partial charge in [-0.2, -0.15) is 0 Å². The van der Waals surface area contributed by atoms with Crippen molar-refractivity contribution in [2.24, 2.45) is 11.8 Å². The molecule has 0 aromatic carbocycles. The van der Waals surface area contributed by atoms with E-state index in [1.807, 2.05) is 20.8 Å². The lowest BCUT2D eigenvalue weighted by molar-refractivity contribution is -0.120. The van der Waals surface area contributed by atoms with Crippen molar-refractivity contribution in [1.29, 1.82) is 0 Å². The molecule has 1 saturated carbocycles. The highest BCUT2D eigenvalue weighted by Crippen LogP contribution is 2.18. The number of alkyl carbamates (subject to hydrolysis) is 1. The Hall–Kier alpha value is -1.30. The first-order valence-corrected chi connectivity index (χ1v) is 8.14. The third-order valence-electron chi connectivity index (χ3n) is 3.48. The Balaban J connectivity index is 2.23. The number of ether oxygens (including phenoxy) is 1. The lowest BCUT2D eigenvalue weighted by atomic mass is 9.96. The summed E-state index contributed by atoms with van der Waals surface area (Å²) in [5, 5.41) is 8.91. The fourth-order valence-corrected chi connectivity index (χ4v) is 1.95. The third kappa shape index (κ3) is 8.87. The molecular formula is C16H31N3O3. The molecule has 1 unspecified atom stereocenters. The van der Waals surface area contributed by atoms with Gasteiger partial charge in [-0.05, 0) is 45.4 Å². The molecule has 0 heterocycles. The van der Waals surface area contributed by atoms with E-state index in [1.165, 1.54) is 0 Å². The van der Waals surface area contributed by atoms with Gasteiger partial charge < -0.3 is 20.7 Å². The molecule has 1 fully saturated rings. The standard InChI is InChI=1S/C16H31N3O3/c1-11(2)12(9-18-15(21)22-16(3,4)5)8-17-10-14(20)19-13-6-7-13/h11-13,17H,6-10H2,1-5H3,(H,18,21)(H,19,20). The minimum Gasteiger partial charge on any atom is -0.444 e. The van der Waals surface area contributed by atoms with Crippen LogP contribution in [0.2, 0.25) is 0 Å². The van der Waals surface area contributed by atoms with Gasteiger partial charge in [0.2, 0.25) is 5.91 Å². The number of carbonyl (C=O) groups excluding carboxylic acids is 2. The van der Waals surface area contributed by atoms with Crippen molar-refractivity contribution in [1.82, 2.24) is 16.0 Å². The molecule has 1 aliphatic carbocycles. The van der Waals surface area contributed by atoms with Crippen LogP contribution in [-0.4, -0.2) is 43.3 Å². The summed E-state index contributed by atoms with van der Waals surface area (Å²) in [5.41, 5.74) is -0.490. The van der Waals surface area contributed by atoms with Gasteiger partial charge in [-0.3, -0.25) is 4.79 Å². The van der Waals surface area contributed by atoms with Gasteiger partial charge in [-0.1, -0.05) is 13.8 Å². The van der Waals surface area contributed by atoms with Crippen LogP contribution in [0.15, 0.2) is 0 Å². The number of carbonyl (C=O) groups is 2. The summed E-state index contributed by atoms with van der Waals surface area (Å²) in [6.07, 6.45) is 1.80. The van der Waals surface area contributed by atoms with Crippen LogP contribution in [0.4, 0.5) is 4.79 Å². The van der Waals surface area contributed by atoms with Crippen molar-refractivity contribution in [2.45, 2.75) is 59.1 Å². The number of hydrogen-bond acceptors (Lipinski definition) is 4. The predicted molar refractivity (Wildman–Crippen MR) is 86.6 cm³/mol. The second kappa shape index (κ2) is 8.36. The minimum absolute atomic E-state index is 0.0464. The van der Waals surface area contributed by atoms with Crippen LogP contribution >= 0.6 is 0 Å². The molecule has 1 aliphatic rings. The van der Waals surface area contributed by atoms with Crippen LogP contribution in [0.1, 0.15) is 47.5 Å². The summed E-state index contributed by atoms with van der Waals surface area (Å²) >= 11 is 0. The Bertz CT molecular complexity index is 373. The average molecular weight is 313 g/mol. The van der Waals surface area contributed by atoms with Crippen LogP contribution in [0.5, 0.6) is 0 Å². The van der Waals surface area contributed by atoms with Gasteiger partial charge in [-0.25, -0.2) is 4.79 Å². The maximum Gasteiger partial charge on any atom is 0.407 e. The molecule has 0 spiro atoms. The van der Waals surface area contributed by atoms with E-state index in [1.54, 1.807) is 0 Å². The number of nitrogens with one attached hydrogen (secondary N) is 3. The molecule has 1 rings (SSSR count). The van der Waals surface area contributed by atoms with E-state index in [9.17, 15) is 9.59 Å². The number of rotatable bonds is 8. The van der Waals surface area contributed by atoms with Gasteiger partial charge in [-0.15, -0.1) is 0 Å². The van der Waals surface area contributed by atoms with Crippen LogP contribution < -0.4 is 16.0 Å². The zero-order valence-corrected chi connectivity index (χ0v) is 14.5. The normalized spacial score (nSPS) is 16.3. The van der Waals surface area contributed by atoms with Crippen LogP contribution in [-0.2, 0) is 9.53 Å². The van der Waals surface area contributed by atoms with Crippen molar-refractivity contribution in [3.63, 3.8) is 0 Å². The van der Waals surface area contributed by atoms with Gasteiger partial charge in [0.05, 0.1) is 6.54 Å². The molecule has 6 nitrogen and oxygen atoms in total. The molecule has 128 valence electrons. The first-order valence-electron chi connectivity index (χ1n) is 8.14. The molecule has 1 atom stereocenters. The summed E-state index contributed by atoms with van der Waals surface area (Å²) in [6.45, 7) is 11.3. The first-order chi connectivity index (χ1) is 10.2. The van der Waals surface area contributed by atoms with Crippen molar-refractivity contribution in [2.75, 3.05) is 19.6 Å². The molecule has 22 heavy (non-hydrogen) atoms. The minimum atomic E-state index is -0.490. The number of hydrogen-bond donors (Lipinski definition) is 3. The monoisotopic (exact) mass is 313 g/mol. The van der Waals surface area contributed by atoms with Crippen LogP contribution in [0.3, 0.4) is 0 Å². The van der Waals surface area contributed by atoms with Gasteiger partial charge in [0.1, 0.15) is 5.60 Å². The lowest BCUT2D eigenvalue weighted by Gasteiger charge is -2.24. The Morgan fingerprint density at radius 1 is 1.18 bits per heavy atom. The Morgan fingerprint density at radius 2 is 1.82 bits per heavy atom. The maximum atomic E-state index is 11.7. The predicted octanol–water partition coefficient (Wildman–Crippen LogP) is 1.65. The summed E-state index contributed by atoms with van der Waals surface area (Å²) in [7, 11) is 0. The van der Waals surface area contributed by atoms with Gasteiger partial charge in [0.25, 0.3) is 0 Å². The van der Waals surface area contributed by atoms with Crippen LogP contribution in [0.25, 0.3) is 0 Å². The molecule has 0 saturated heterocycles. The molecule has 3 N–H and O–H groups in total. The van der Waals surface area contributed by atoms with Crippen molar-refractivity contribution in [3.8, 4) is 0 Å². The maximum absolute atomic E-state index is 11.7. The Kier molecular flexibility index (Phi) is 7.13. The molecule has 2 amide bonds. The van der Waals surface area contributed by atoms with E-state index in [0.717, 1.165) is 12.8 Å². The molecule has 0 aliphatic heterocycles. The fourth-order valence-electron chi connectivity index (χ4n) is 1.95. The molecule has 6 heteroatoms. The second-order valence-corrected chi connectivity index (χ2v) is 7.36. The number of amides is 2. The van der Waals surface area contributed by atoms with E-state index < -0.39 is 11.7 Å². The fraction of sp³-hybridized carbons (Fsp3) is 0.875. The molecule has 0 aromatic rings. The SMILES string of the molecule is CC(C)C(CNCC(=O)NC1CC1)CNC(=O)OC(C)(C)C. The third-order valence-corrected chi connectivity index (χ3v) is 3.48.